The van der Waals surface area contributed by atoms with Crippen molar-refractivity contribution in [2.24, 2.45) is 0 Å². The van der Waals surface area contributed by atoms with E-state index < -0.39 is 10.1 Å². The van der Waals surface area contributed by atoms with Gasteiger partial charge in [-0.15, -0.1) is 0 Å². The van der Waals surface area contributed by atoms with E-state index in [1.165, 1.54) is 6.07 Å². The highest BCUT2D eigenvalue weighted by atomic mass is 32.2. The summed E-state index contributed by atoms with van der Waals surface area (Å²) in [5, 5.41) is 0. The second-order valence-electron chi connectivity index (χ2n) is 3.88. The minimum absolute atomic E-state index is 0.118. The van der Waals surface area contributed by atoms with Crippen molar-refractivity contribution in [3.8, 4) is 11.8 Å². The van der Waals surface area contributed by atoms with Crippen LogP contribution in [-0.2, 0) is 10.1 Å². The predicted octanol–water partition coefficient (Wildman–Crippen LogP) is 2.78. The molecule has 0 aliphatic rings. The van der Waals surface area contributed by atoms with E-state index in [4.69, 9.17) is 4.55 Å². The number of aryl methyl sites for hydroxylation is 1. The third-order valence-corrected chi connectivity index (χ3v) is 3.20. The Morgan fingerprint density at radius 1 is 1.35 bits per heavy atom. The van der Waals surface area contributed by atoms with Crippen LogP contribution in [0.3, 0.4) is 0 Å². The van der Waals surface area contributed by atoms with Crippen LogP contribution in [-0.4, -0.2) is 13.0 Å². The fourth-order valence-corrected chi connectivity index (χ4v) is 2.02. The molecule has 0 spiro atoms. The van der Waals surface area contributed by atoms with Crippen LogP contribution in [0.1, 0.15) is 37.3 Å². The molecular weight excluding hydrogens is 236 g/mol. The molecule has 1 rings (SSSR count). The van der Waals surface area contributed by atoms with E-state index in [1.807, 2.05) is 6.92 Å². The Morgan fingerprint density at radius 2 is 2.06 bits per heavy atom. The highest BCUT2D eigenvalue weighted by molar-refractivity contribution is 7.85. The summed E-state index contributed by atoms with van der Waals surface area (Å²) in [7, 11) is -4.20. The van der Waals surface area contributed by atoms with Crippen molar-refractivity contribution in [3.05, 3.63) is 29.3 Å². The Hall–Kier alpha value is -1.31. The second-order valence-corrected chi connectivity index (χ2v) is 5.27. The zero-order valence-corrected chi connectivity index (χ0v) is 10.8. The Morgan fingerprint density at radius 3 is 2.65 bits per heavy atom. The fraction of sp³-hybridized carbons (Fsp3) is 0.385. The molecule has 0 bridgehead atoms. The van der Waals surface area contributed by atoms with Gasteiger partial charge in [-0.1, -0.05) is 31.3 Å². The number of benzene rings is 1. The summed E-state index contributed by atoms with van der Waals surface area (Å²) in [5.74, 6) is 5.72. The molecule has 3 nitrogen and oxygen atoms in total. The molecule has 0 saturated heterocycles. The first-order chi connectivity index (χ1) is 7.95. The van der Waals surface area contributed by atoms with Crippen molar-refractivity contribution in [2.45, 2.75) is 38.0 Å². The van der Waals surface area contributed by atoms with Gasteiger partial charge in [0.2, 0.25) is 0 Å². The maximum atomic E-state index is 11.1. The largest absolute Gasteiger partial charge is 0.295 e. The van der Waals surface area contributed by atoms with Crippen molar-refractivity contribution in [2.75, 3.05) is 0 Å². The predicted molar refractivity (Wildman–Crippen MR) is 67.4 cm³/mol. The third-order valence-electron chi connectivity index (χ3n) is 2.29. The van der Waals surface area contributed by atoms with Crippen molar-refractivity contribution in [1.29, 1.82) is 0 Å². The standard InChI is InChI=1S/C13H16O3S/c1-3-4-5-6-7-12-10-11(2)8-9-13(12)17(14,15)16/h8-10H,3-5H2,1-2H3,(H,14,15,16). The van der Waals surface area contributed by atoms with E-state index in [1.54, 1.807) is 12.1 Å². The van der Waals surface area contributed by atoms with Crippen LogP contribution < -0.4 is 0 Å². The van der Waals surface area contributed by atoms with Gasteiger partial charge in [0.15, 0.2) is 0 Å². The van der Waals surface area contributed by atoms with Crippen LogP contribution >= 0.6 is 0 Å². The van der Waals surface area contributed by atoms with Gasteiger partial charge in [-0.25, -0.2) is 0 Å². The minimum atomic E-state index is -4.20. The monoisotopic (exact) mass is 252 g/mol. The van der Waals surface area contributed by atoms with Gasteiger partial charge >= 0.3 is 0 Å². The molecule has 92 valence electrons. The molecule has 0 fully saturated rings. The van der Waals surface area contributed by atoms with E-state index in [2.05, 4.69) is 18.8 Å². The Bertz CT molecular complexity index is 548. The molecule has 1 aromatic carbocycles. The van der Waals surface area contributed by atoms with Gasteiger partial charge in [0, 0.05) is 12.0 Å². The lowest BCUT2D eigenvalue weighted by molar-refractivity contribution is 0.483. The van der Waals surface area contributed by atoms with Crippen LogP contribution in [0.4, 0.5) is 0 Å². The van der Waals surface area contributed by atoms with Gasteiger partial charge < -0.3 is 0 Å². The number of rotatable bonds is 3. The van der Waals surface area contributed by atoms with E-state index in [9.17, 15) is 8.42 Å². The number of hydrogen-bond acceptors (Lipinski definition) is 2. The average molecular weight is 252 g/mol. The molecule has 1 N–H and O–H groups in total. The fourth-order valence-electron chi connectivity index (χ4n) is 1.39. The average Bonchev–Trinajstić information content (AvgIpc) is 2.23. The topological polar surface area (TPSA) is 54.4 Å². The van der Waals surface area contributed by atoms with Crippen LogP contribution in [0.5, 0.6) is 0 Å². The molecule has 0 heterocycles. The highest BCUT2D eigenvalue weighted by Crippen LogP contribution is 2.16. The maximum Gasteiger partial charge on any atom is 0.295 e. The quantitative estimate of drug-likeness (QED) is 0.511. The second kappa shape index (κ2) is 5.85. The van der Waals surface area contributed by atoms with Crippen molar-refractivity contribution in [3.63, 3.8) is 0 Å². The molecular formula is C13H16O3S. The summed E-state index contributed by atoms with van der Waals surface area (Å²) in [5.41, 5.74) is 1.28. The maximum absolute atomic E-state index is 11.1. The Kier molecular flexibility index (Phi) is 4.73. The lowest BCUT2D eigenvalue weighted by Gasteiger charge is -2.02. The molecule has 1 aromatic rings. The summed E-state index contributed by atoms with van der Waals surface area (Å²) < 4.78 is 31.4. The zero-order chi connectivity index (χ0) is 12.9. The molecule has 0 amide bonds. The van der Waals surface area contributed by atoms with E-state index in [-0.39, 0.29) is 4.90 Å². The molecule has 0 radical (unpaired) electrons. The third kappa shape index (κ3) is 4.22. The first-order valence-electron chi connectivity index (χ1n) is 5.52. The molecule has 0 aliphatic carbocycles. The van der Waals surface area contributed by atoms with Gasteiger partial charge in [0.1, 0.15) is 4.90 Å². The number of hydrogen-bond donors (Lipinski definition) is 1. The van der Waals surface area contributed by atoms with Crippen LogP contribution in [0, 0.1) is 18.8 Å². The van der Waals surface area contributed by atoms with Gasteiger partial charge in [-0.2, -0.15) is 8.42 Å². The molecule has 0 aliphatic heterocycles. The van der Waals surface area contributed by atoms with E-state index in [0.29, 0.717) is 5.56 Å². The minimum Gasteiger partial charge on any atom is -0.282 e. The normalized spacial score (nSPS) is 10.8. The summed E-state index contributed by atoms with van der Waals surface area (Å²) in [6.45, 7) is 3.92. The summed E-state index contributed by atoms with van der Waals surface area (Å²) in [6.07, 6.45) is 2.77. The molecule has 4 heteroatoms. The van der Waals surface area contributed by atoms with Gasteiger partial charge in [0.05, 0.1) is 0 Å². The molecule has 0 saturated carbocycles. The van der Waals surface area contributed by atoms with E-state index in [0.717, 1.165) is 24.8 Å². The smallest absolute Gasteiger partial charge is 0.282 e. The van der Waals surface area contributed by atoms with Gasteiger partial charge in [0.25, 0.3) is 10.1 Å². The Labute approximate surface area is 103 Å². The van der Waals surface area contributed by atoms with Gasteiger partial charge in [-0.3, -0.25) is 4.55 Å². The van der Waals surface area contributed by atoms with Crippen LogP contribution in [0.2, 0.25) is 0 Å². The number of unbranched alkanes of at least 4 members (excludes halogenated alkanes) is 2. The summed E-state index contributed by atoms with van der Waals surface area (Å²) >= 11 is 0. The lowest BCUT2D eigenvalue weighted by Crippen LogP contribution is -2.01. The van der Waals surface area contributed by atoms with Crippen molar-refractivity contribution >= 4 is 10.1 Å². The molecule has 17 heavy (non-hydrogen) atoms. The highest BCUT2D eigenvalue weighted by Gasteiger charge is 2.13. The van der Waals surface area contributed by atoms with Crippen molar-refractivity contribution in [1.82, 2.24) is 0 Å². The first kappa shape index (κ1) is 13.8. The molecule has 0 atom stereocenters. The van der Waals surface area contributed by atoms with Gasteiger partial charge in [-0.05, 0) is 31.0 Å². The SMILES string of the molecule is CCCCC#Cc1cc(C)ccc1S(=O)(=O)O. The zero-order valence-electron chi connectivity index (χ0n) is 10.0. The first-order valence-corrected chi connectivity index (χ1v) is 6.96. The van der Waals surface area contributed by atoms with Crippen LogP contribution in [0.25, 0.3) is 0 Å². The summed E-state index contributed by atoms with van der Waals surface area (Å²) in [4.78, 5) is -0.118. The Balaban J connectivity index is 3.11. The van der Waals surface area contributed by atoms with E-state index >= 15 is 0 Å². The molecule has 0 aromatic heterocycles. The van der Waals surface area contributed by atoms with Crippen LogP contribution in [0.15, 0.2) is 23.1 Å². The molecule has 0 unspecified atom stereocenters. The lowest BCUT2D eigenvalue weighted by atomic mass is 10.1. The summed E-state index contributed by atoms with van der Waals surface area (Å²) in [6, 6.07) is 4.69. The van der Waals surface area contributed by atoms with Crippen molar-refractivity contribution < 1.29 is 13.0 Å².